The van der Waals surface area contributed by atoms with E-state index in [1.807, 2.05) is 6.92 Å². The van der Waals surface area contributed by atoms with Gasteiger partial charge in [0.2, 0.25) is 11.8 Å². The van der Waals surface area contributed by atoms with Gasteiger partial charge in [-0.25, -0.2) is 4.98 Å². The first-order valence-electron chi connectivity index (χ1n) is 7.80. The second-order valence-corrected chi connectivity index (χ2v) is 7.01. The van der Waals surface area contributed by atoms with Gasteiger partial charge in [-0.2, -0.15) is 0 Å². The van der Waals surface area contributed by atoms with Gasteiger partial charge in [-0.3, -0.25) is 14.2 Å². The van der Waals surface area contributed by atoms with Crippen molar-refractivity contribution < 1.29 is 4.42 Å². The molecule has 1 atom stereocenters. The minimum Gasteiger partial charge on any atom is -0.424 e. The van der Waals surface area contributed by atoms with E-state index in [4.69, 9.17) is 4.42 Å². The monoisotopic (exact) mass is 332 g/mol. The molecular formula is C15H20N6OS. The van der Waals surface area contributed by atoms with Crippen molar-refractivity contribution in [2.45, 2.75) is 32.5 Å². The fraction of sp³-hybridized carbons (Fsp3) is 0.533. The number of rotatable bonds is 5. The van der Waals surface area contributed by atoms with Crippen molar-refractivity contribution in [3.8, 4) is 0 Å². The average molecular weight is 332 g/mol. The maximum atomic E-state index is 5.47. The predicted octanol–water partition coefficient (Wildman–Crippen LogP) is 1.79. The van der Waals surface area contributed by atoms with Gasteiger partial charge in [0.1, 0.15) is 0 Å². The third-order valence-electron chi connectivity index (χ3n) is 4.35. The van der Waals surface area contributed by atoms with E-state index in [1.54, 1.807) is 11.3 Å². The first-order chi connectivity index (χ1) is 11.2. The highest BCUT2D eigenvalue weighted by molar-refractivity contribution is 7.15. The van der Waals surface area contributed by atoms with Crippen molar-refractivity contribution in [1.29, 1.82) is 0 Å². The van der Waals surface area contributed by atoms with E-state index >= 15 is 0 Å². The second-order valence-electron chi connectivity index (χ2n) is 6.13. The molecule has 8 heteroatoms. The molecule has 0 spiro atoms. The zero-order valence-electron chi connectivity index (χ0n) is 13.3. The number of aromatic nitrogens is 4. The lowest BCUT2D eigenvalue weighted by Crippen LogP contribution is -2.34. The number of likely N-dealkylation sites (tertiary alicyclic amines) is 1. The molecule has 4 rings (SSSR count). The quantitative estimate of drug-likeness (QED) is 0.710. The minimum absolute atomic E-state index is 0.519. The number of nitrogens with zero attached hydrogens (tertiary/aromatic N) is 6. The van der Waals surface area contributed by atoms with Crippen LogP contribution in [0.3, 0.4) is 0 Å². The Balaban J connectivity index is 1.34. The largest absolute Gasteiger partial charge is 0.424 e. The van der Waals surface area contributed by atoms with E-state index in [-0.39, 0.29) is 0 Å². The Labute approximate surface area is 138 Å². The summed E-state index contributed by atoms with van der Waals surface area (Å²) in [6.07, 6.45) is 5.35. The summed E-state index contributed by atoms with van der Waals surface area (Å²) in [5.41, 5.74) is 1.15. The lowest BCUT2D eigenvalue weighted by molar-refractivity contribution is 0.204. The van der Waals surface area contributed by atoms with Crippen LogP contribution in [0.5, 0.6) is 0 Å². The Morgan fingerprint density at radius 2 is 2.35 bits per heavy atom. The third-order valence-corrected chi connectivity index (χ3v) is 5.12. The first kappa shape index (κ1) is 14.8. The Morgan fingerprint density at radius 3 is 3.13 bits per heavy atom. The van der Waals surface area contributed by atoms with Gasteiger partial charge < -0.3 is 4.42 Å². The van der Waals surface area contributed by atoms with E-state index < -0.39 is 0 Å². The summed E-state index contributed by atoms with van der Waals surface area (Å²) in [5, 5.41) is 10.0. The molecule has 1 aliphatic heterocycles. The smallest absolute Gasteiger partial charge is 0.230 e. The fourth-order valence-corrected chi connectivity index (χ4v) is 3.86. The minimum atomic E-state index is 0.519. The van der Waals surface area contributed by atoms with E-state index in [0.29, 0.717) is 24.4 Å². The number of hydrogen-bond acceptors (Lipinski definition) is 7. The Bertz CT molecular complexity index is 764. The van der Waals surface area contributed by atoms with Crippen LogP contribution < -0.4 is 0 Å². The summed E-state index contributed by atoms with van der Waals surface area (Å²) in [7, 11) is 2.13. The molecule has 1 aliphatic rings. The lowest BCUT2D eigenvalue weighted by atomic mass is 10.2. The number of thiazole rings is 1. The van der Waals surface area contributed by atoms with Crippen LogP contribution in [0.15, 0.2) is 22.2 Å². The van der Waals surface area contributed by atoms with Crippen LogP contribution in [-0.2, 0) is 13.1 Å². The van der Waals surface area contributed by atoms with Crippen LogP contribution in [0.25, 0.3) is 4.96 Å². The van der Waals surface area contributed by atoms with Crippen LogP contribution >= 0.6 is 11.3 Å². The standard InChI is InChI=1S/C15H20N6OS/c1-11-17-18-14(22-11)10-19(2)13-3-4-20(9-13)7-12-8-21-5-6-23-15(21)16-12/h5-6,8,13H,3-4,7,9-10H2,1-2H3. The highest BCUT2D eigenvalue weighted by Gasteiger charge is 2.27. The molecule has 23 heavy (non-hydrogen) atoms. The fourth-order valence-electron chi connectivity index (χ4n) is 3.14. The Kier molecular flexibility index (Phi) is 3.88. The van der Waals surface area contributed by atoms with Crippen LogP contribution in [0.1, 0.15) is 23.9 Å². The van der Waals surface area contributed by atoms with E-state index in [9.17, 15) is 0 Å². The maximum absolute atomic E-state index is 5.47. The van der Waals surface area contributed by atoms with Crippen molar-refractivity contribution in [2.75, 3.05) is 20.1 Å². The first-order valence-corrected chi connectivity index (χ1v) is 8.68. The van der Waals surface area contributed by atoms with Crippen LogP contribution in [-0.4, -0.2) is 55.6 Å². The number of likely N-dealkylation sites (N-methyl/N-ethyl adjacent to an activating group) is 1. The maximum Gasteiger partial charge on any atom is 0.230 e. The van der Waals surface area contributed by atoms with E-state index in [2.05, 4.69) is 54.2 Å². The third kappa shape index (κ3) is 3.15. The Hall–Kier alpha value is -1.77. The van der Waals surface area contributed by atoms with Crippen LogP contribution in [0.4, 0.5) is 0 Å². The molecule has 0 radical (unpaired) electrons. The lowest BCUT2D eigenvalue weighted by Gasteiger charge is -2.23. The molecule has 0 aromatic carbocycles. The van der Waals surface area contributed by atoms with Gasteiger partial charge in [0.25, 0.3) is 0 Å². The zero-order valence-corrected chi connectivity index (χ0v) is 14.2. The number of aryl methyl sites for hydroxylation is 1. The van der Waals surface area contributed by atoms with Crippen molar-refractivity contribution in [2.24, 2.45) is 0 Å². The molecule has 4 heterocycles. The van der Waals surface area contributed by atoms with Crippen molar-refractivity contribution in [3.63, 3.8) is 0 Å². The molecule has 0 aliphatic carbocycles. The molecule has 1 saturated heterocycles. The van der Waals surface area contributed by atoms with Crippen LogP contribution in [0, 0.1) is 6.92 Å². The van der Waals surface area contributed by atoms with Gasteiger partial charge in [-0.05, 0) is 13.5 Å². The van der Waals surface area contributed by atoms with Gasteiger partial charge in [0.15, 0.2) is 4.96 Å². The molecule has 122 valence electrons. The van der Waals surface area contributed by atoms with Gasteiger partial charge in [0, 0.05) is 50.4 Å². The summed E-state index contributed by atoms with van der Waals surface area (Å²) in [6.45, 7) is 5.60. The van der Waals surface area contributed by atoms with Gasteiger partial charge in [0.05, 0.1) is 12.2 Å². The molecule has 3 aromatic rings. The molecule has 3 aromatic heterocycles. The number of fused-ring (bicyclic) bond motifs is 1. The molecular weight excluding hydrogens is 312 g/mol. The van der Waals surface area contributed by atoms with Gasteiger partial charge in [-0.1, -0.05) is 0 Å². The summed E-state index contributed by atoms with van der Waals surface area (Å²) in [5.74, 6) is 1.32. The zero-order chi connectivity index (χ0) is 15.8. The highest BCUT2D eigenvalue weighted by atomic mass is 32.1. The predicted molar refractivity (Wildman–Crippen MR) is 87.3 cm³/mol. The van der Waals surface area contributed by atoms with Gasteiger partial charge in [-0.15, -0.1) is 21.5 Å². The molecule has 0 saturated carbocycles. The van der Waals surface area contributed by atoms with Crippen molar-refractivity contribution >= 4 is 16.3 Å². The van der Waals surface area contributed by atoms with Crippen molar-refractivity contribution in [3.05, 3.63) is 35.2 Å². The van der Waals surface area contributed by atoms with E-state index in [1.165, 1.54) is 0 Å². The molecule has 7 nitrogen and oxygen atoms in total. The molecule has 1 unspecified atom stereocenters. The topological polar surface area (TPSA) is 62.7 Å². The average Bonchev–Trinajstić information content (AvgIpc) is 3.24. The number of hydrogen-bond donors (Lipinski definition) is 0. The molecule has 0 N–H and O–H groups in total. The highest BCUT2D eigenvalue weighted by Crippen LogP contribution is 2.19. The van der Waals surface area contributed by atoms with Gasteiger partial charge >= 0.3 is 0 Å². The number of imidazole rings is 1. The summed E-state index contributed by atoms with van der Waals surface area (Å²) in [4.78, 5) is 10.5. The summed E-state index contributed by atoms with van der Waals surface area (Å²) in [6, 6.07) is 0.519. The van der Waals surface area contributed by atoms with E-state index in [0.717, 1.165) is 36.7 Å². The second kappa shape index (κ2) is 6.03. The van der Waals surface area contributed by atoms with Crippen LogP contribution in [0.2, 0.25) is 0 Å². The normalized spacial score (nSPS) is 19.3. The summed E-state index contributed by atoms with van der Waals surface area (Å²) < 4.78 is 7.57. The van der Waals surface area contributed by atoms with Crippen molar-refractivity contribution in [1.82, 2.24) is 29.4 Å². The SMILES string of the molecule is Cc1nnc(CN(C)C2CCN(Cc3cn4ccsc4n3)C2)o1. The molecule has 0 bridgehead atoms. The molecule has 1 fully saturated rings. The summed E-state index contributed by atoms with van der Waals surface area (Å²) >= 11 is 1.68. The molecule has 0 amide bonds. The Morgan fingerprint density at radius 1 is 1.43 bits per heavy atom.